The summed E-state index contributed by atoms with van der Waals surface area (Å²) < 4.78 is 5.26. The molecule has 0 radical (unpaired) electrons. The standard InChI is InChI=1S/C16H25N3O2/c1-11(19-8-7-16(2,3)10-19)15(20)18-13-9-12(17)5-6-14(13)21-4/h5-6,9,11H,7-8,10,17H2,1-4H3,(H,18,20). The van der Waals surface area contributed by atoms with Crippen LogP contribution in [0.5, 0.6) is 5.75 Å². The van der Waals surface area contributed by atoms with Crippen molar-refractivity contribution in [2.24, 2.45) is 5.41 Å². The molecule has 21 heavy (non-hydrogen) atoms. The lowest BCUT2D eigenvalue weighted by Crippen LogP contribution is -2.41. The second kappa shape index (κ2) is 5.93. The van der Waals surface area contributed by atoms with Crippen molar-refractivity contribution in [3.63, 3.8) is 0 Å². The number of methoxy groups -OCH3 is 1. The van der Waals surface area contributed by atoms with Gasteiger partial charge in [-0.05, 0) is 43.5 Å². The smallest absolute Gasteiger partial charge is 0.241 e. The van der Waals surface area contributed by atoms with E-state index in [-0.39, 0.29) is 17.4 Å². The SMILES string of the molecule is COc1ccc(N)cc1NC(=O)C(C)N1CCC(C)(C)C1. The number of hydrogen-bond donors (Lipinski definition) is 2. The molecular weight excluding hydrogens is 266 g/mol. The number of nitrogen functional groups attached to an aromatic ring is 1. The Kier molecular flexibility index (Phi) is 4.42. The van der Waals surface area contributed by atoms with Crippen LogP contribution in [0, 0.1) is 5.41 Å². The van der Waals surface area contributed by atoms with Gasteiger partial charge in [-0.2, -0.15) is 0 Å². The predicted octanol–water partition coefficient (Wildman–Crippen LogP) is 2.34. The first-order valence-corrected chi connectivity index (χ1v) is 7.31. The van der Waals surface area contributed by atoms with E-state index in [9.17, 15) is 4.79 Å². The van der Waals surface area contributed by atoms with E-state index in [2.05, 4.69) is 24.1 Å². The molecule has 1 aromatic rings. The van der Waals surface area contributed by atoms with E-state index >= 15 is 0 Å². The molecule has 1 saturated heterocycles. The Bertz CT molecular complexity index is 528. The van der Waals surface area contributed by atoms with Gasteiger partial charge >= 0.3 is 0 Å². The number of rotatable bonds is 4. The van der Waals surface area contributed by atoms with Crippen LogP contribution in [-0.4, -0.2) is 37.0 Å². The van der Waals surface area contributed by atoms with Gasteiger partial charge in [-0.15, -0.1) is 0 Å². The quantitative estimate of drug-likeness (QED) is 0.836. The van der Waals surface area contributed by atoms with E-state index in [4.69, 9.17) is 10.5 Å². The molecule has 0 bridgehead atoms. The number of nitrogens with zero attached hydrogens (tertiary/aromatic N) is 1. The number of nitrogens with two attached hydrogens (primary N) is 1. The number of hydrogen-bond acceptors (Lipinski definition) is 4. The minimum atomic E-state index is -0.169. The summed E-state index contributed by atoms with van der Waals surface area (Å²) in [5.41, 5.74) is 7.27. The minimum absolute atomic E-state index is 0.0309. The number of ether oxygens (including phenoxy) is 1. The molecule has 2 rings (SSSR count). The number of likely N-dealkylation sites (tertiary alicyclic amines) is 1. The van der Waals surface area contributed by atoms with Crippen LogP contribution < -0.4 is 15.8 Å². The molecule has 3 N–H and O–H groups in total. The molecule has 0 saturated carbocycles. The highest BCUT2D eigenvalue weighted by Crippen LogP contribution is 2.31. The van der Waals surface area contributed by atoms with Crippen LogP contribution in [0.25, 0.3) is 0 Å². The van der Waals surface area contributed by atoms with Crippen molar-refractivity contribution in [2.45, 2.75) is 33.2 Å². The fourth-order valence-corrected chi connectivity index (χ4v) is 2.71. The molecular formula is C16H25N3O2. The Morgan fingerprint density at radius 3 is 2.76 bits per heavy atom. The molecule has 1 aromatic carbocycles. The van der Waals surface area contributed by atoms with Gasteiger partial charge < -0.3 is 15.8 Å². The third-order valence-corrected chi connectivity index (χ3v) is 4.12. The second-order valence-corrected chi connectivity index (χ2v) is 6.51. The fourth-order valence-electron chi connectivity index (χ4n) is 2.71. The number of amides is 1. The van der Waals surface area contributed by atoms with Gasteiger partial charge in [0.15, 0.2) is 0 Å². The largest absolute Gasteiger partial charge is 0.495 e. The van der Waals surface area contributed by atoms with Crippen LogP contribution in [0.4, 0.5) is 11.4 Å². The maximum absolute atomic E-state index is 12.4. The van der Waals surface area contributed by atoms with Gasteiger partial charge in [0.2, 0.25) is 5.91 Å². The summed E-state index contributed by atoms with van der Waals surface area (Å²) in [6, 6.07) is 5.06. The third-order valence-electron chi connectivity index (χ3n) is 4.12. The van der Waals surface area contributed by atoms with E-state index in [1.807, 2.05) is 6.92 Å². The van der Waals surface area contributed by atoms with E-state index in [1.165, 1.54) is 0 Å². The summed E-state index contributed by atoms with van der Waals surface area (Å²) >= 11 is 0. The van der Waals surface area contributed by atoms with Crippen molar-refractivity contribution in [1.82, 2.24) is 4.90 Å². The number of nitrogens with one attached hydrogen (secondary N) is 1. The van der Waals surface area contributed by atoms with Gasteiger partial charge in [-0.3, -0.25) is 9.69 Å². The Morgan fingerprint density at radius 2 is 2.19 bits per heavy atom. The summed E-state index contributed by atoms with van der Waals surface area (Å²) in [5.74, 6) is 0.586. The lowest BCUT2D eigenvalue weighted by Gasteiger charge is -2.25. The predicted molar refractivity (Wildman–Crippen MR) is 85.5 cm³/mol. The molecule has 1 heterocycles. The van der Waals surface area contributed by atoms with Crippen LogP contribution in [0.2, 0.25) is 0 Å². The van der Waals surface area contributed by atoms with Gasteiger partial charge in [0.25, 0.3) is 0 Å². The fraction of sp³-hybridized carbons (Fsp3) is 0.562. The highest BCUT2D eigenvalue weighted by atomic mass is 16.5. The number of carbonyl (C=O) groups is 1. The molecule has 5 heteroatoms. The van der Waals surface area contributed by atoms with E-state index in [1.54, 1.807) is 25.3 Å². The molecule has 1 aliphatic rings. The van der Waals surface area contributed by atoms with Crippen molar-refractivity contribution < 1.29 is 9.53 Å². The van der Waals surface area contributed by atoms with Crippen LogP contribution >= 0.6 is 0 Å². The van der Waals surface area contributed by atoms with Crippen LogP contribution in [-0.2, 0) is 4.79 Å². The monoisotopic (exact) mass is 291 g/mol. The second-order valence-electron chi connectivity index (χ2n) is 6.51. The van der Waals surface area contributed by atoms with E-state index in [0.717, 1.165) is 19.5 Å². The summed E-state index contributed by atoms with van der Waals surface area (Å²) in [6.45, 7) is 8.30. The van der Waals surface area contributed by atoms with Crippen molar-refractivity contribution >= 4 is 17.3 Å². The van der Waals surface area contributed by atoms with E-state index in [0.29, 0.717) is 17.1 Å². The normalized spacial score (nSPS) is 19.2. The Balaban J connectivity index is 2.06. The molecule has 0 aliphatic carbocycles. The van der Waals surface area contributed by atoms with Crippen molar-refractivity contribution in [3.05, 3.63) is 18.2 Å². The molecule has 1 unspecified atom stereocenters. The molecule has 0 aromatic heterocycles. The maximum atomic E-state index is 12.4. The summed E-state index contributed by atoms with van der Waals surface area (Å²) in [6.07, 6.45) is 1.12. The minimum Gasteiger partial charge on any atom is -0.495 e. The Morgan fingerprint density at radius 1 is 1.48 bits per heavy atom. The van der Waals surface area contributed by atoms with E-state index < -0.39 is 0 Å². The number of anilines is 2. The van der Waals surface area contributed by atoms with Gasteiger partial charge in [-0.1, -0.05) is 13.8 Å². The summed E-state index contributed by atoms with van der Waals surface area (Å²) in [4.78, 5) is 14.7. The first-order chi connectivity index (χ1) is 9.82. The molecule has 0 spiro atoms. The lowest BCUT2D eigenvalue weighted by molar-refractivity contribution is -0.120. The van der Waals surface area contributed by atoms with Crippen LogP contribution in [0.1, 0.15) is 27.2 Å². The van der Waals surface area contributed by atoms with Gasteiger partial charge in [0, 0.05) is 12.2 Å². The number of benzene rings is 1. The van der Waals surface area contributed by atoms with Crippen molar-refractivity contribution in [1.29, 1.82) is 0 Å². The van der Waals surface area contributed by atoms with Gasteiger partial charge in [-0.25, -0.2) is 0 Å². The lowest BCUT2D eigenvalue weighted by atomic mass is 9.93. The Hall–Kier alpha value is -1.75. The van der Waals surface area contributed by atoms with Gasteiger partial charge in [0.05, 0.1) is 18.8 Å². The first-order valence-electron chi connectivity index (χ1n) is 7.31. The van der Waals surface area contributed by atoms with Crippen LogP contribution in [0.3, 0.4) is 0 Å². The molecule has 1 fully saturated rings. The zero-order valence-electron chi connectivity index (χ0n) is 13.3. The van der Waals surface area contributed by atoms with Crippen LogP contribution in [0.15, 0.2) is 18.2 Å². The summed E-state index contributed by atoms with van der Waals surface area (Å²) in [5, 5.41) is 2.92. The summed E-state index contributed by atoms with van der Waals surface area (Å²) in [7, 11) is 1.58. The molecule has 1 atom stereocenters. The van der Waals surface area contributed by atoms with Crippen molar-refractivity contribution in [2.75, 3.05) is 31.2 Å². The zero-order chi connectivity index (χ0) is 15.6. The van der Waals surface area contributed by atoms with Crippen molar-refractivity contribution in [3.8, 4) is 5.75 Å². The highest BCUT2D eigenvalue weighted by molar-refractivity contribution is 5.96. The number of carbonyl (C=O) groups excluding carboxylic acids is 1. The molecule has 5 nitrogen and oxygen atoms in total. The maximum Gasteiger partial charge on any atom is 0.241 e. The topological polar surface area (TPSA) is 67.6 Å². The highest BCUT2D eigenvalue weighted by Gasteiger charge is 2.34. The van der Waals surface area contributed by atoms with Gasteiger partial charge in [0.1, 0.15) is 5.75 Å². The zero-order valence-corrected chi connectivity index (χ0v) is 13.3. The first kappa shape index (κ1) is 15.6. The third kappa shape index (κ3) is 3.67. The molecule has 116 valence electrons. The average Bonchev–Trinajstić information content (AvgIpc) is 2.78. The molecule has 1 aliphatic heterocycles. The Labute approximate surface area is 126 Å². The molecule has 1 amide bonds. The average molecular weight is 291 g/mol.